The SMILES string of the molecule is CC(C)CC1(CN2CCn3cc(CN4CCN(C(C)C)CC4)nc3C2)CC1. The third-order valence-corrected chi connectivity index (χ3v) is 6.81. The highest BCUT2D eigenvalue weighted by atomic mass is 15.3. The van der Waals surface area contributed by atoms with Crippen molar-refractivity contribution in [3.05, 3.63) is 17.7 Å². The summed E-state index contributed by atoms with van der Waals surface area (Å²) in [4.78, 5) is 12.9. The summed E-state index contributed by atoms with van der Waals surface area (Å²) in [5.74, 6) is 2.11. The van der Waals surface area contributed by atoms with Crippen molar-refractivity contribution in [1.29, 1.82) is 0 Å². The average molecular weight is 374 g/mol. The molecule has 3 aliphatic rings. The van der Waals surface area contributed by atoms with Gasteiger partial charge in [-0.05, 0) is 44.4 Å². The Kier molecular flexibility index (Phi) is 5.64. The molecule has 4 rings (SSSR count). The normalized spacial score (nSPS) is 23.9. The van der Waals surface area contributed by atoms with E-state index in [9.17, 15) is 0 Å². The van der Waals surface area contributed by atoms with E-state index < -0.39 is 0 Å². The van der Waals surface area contributed by atoms with Crippen molar-refractivity contribution < 1.29 is 0 Å². The molecule has 3 heterocycles. The molecule has 5 nitrogen and oxygen atoms in total. The van der Waals surface area contributed by atoms with Crippen LogP contribution in [0.2, 0.25) is 0 Å². The van der Waals surface area contributed by atoms with Gasteiger partial charge in [0.05, 0.1) is 12.2 Å². The predicted octanol–water partition coefficient (Wildman–Crippen LogP) is 3.05. The highest BCUT2D eigenvalue weighted by Gasteiger charge is 2.44. The maximum atomic E-state index is 5.03. The summed E-state index contributed by atoms with van der Waals surface area (Å²) in [6.45, 7) is 19.7. The summed E-state index contributed by atoms with van der Waals surface area (Å²) in [6, 6.07) is 0.670. The van der Waals surface area contributed by atoms with Crippen molar-refractivity contribution >= 4 is 0 Å². The van der Waals surface area contributed by atoms with Crippen LogP contribution in [0.5, 0.6) is 0 Å². The second kappa shape index (κ2) is 7.84. The molecule has 1 saturated carbocycles. The van der Waals surface area contributed by atoms with Crippen LogP contribution in [0.3, 0.4) is 0 Å². The summed E-state index contributed by atoms with van der Waals surface area (Å²) in [7, 11) is 0. The highest BCUT2D eigenvalue weighted by molar-refractivity contribution is 5.07. The smallest absolute Gasteiger partial charge is 0.123 e. The molecule has 0 aromatic carbocycles. The first kappa shape index (κ1) is 19.4. The minimum Gasteiger partial charge on any atom is -0.332 e. The van der Waals surface area contributed by atoms with Gasteiger partial charge in [0.2, 0.25) is 0 Å². The Morgan fingerprint density at radius 1 is 0.963 bits per heavy atom. The van der Waals surface area contributed by atoms with Crippen LogP contribution in [0.4, 0.5) is 0 Å². The van der Waals surface area contributed by atoms with E-state index in [4.69, 9.17) is 4.98 Å². The largest absolute Gasteiger partial charge is 0.332 e. The van der Waals surface area contributed by atoms with Crippen LogP contribution in [-0.2, 0) is 19.6 Å². The molecule has 0 atom stereocenters. The van der Waals surface area contributed by atoms with E-state index in [0.29, 0.717) is 11.5 Å². The van der Waals surface area contributed by atoms with Gasteiger partial charge < -0.3 is 4.57 Å². The molecule has 0 bridgehead atoms. The van der Waals surface area contributed by atoms with Crippen LogP contribution < -0.4 is 0 Å². The van der Waals surface area contributed by atoms with Gasteiger partial charge in [-0.1, -0.05) is 13.8 Å². The zero-order valence-electron chi connectivity index (χ0n) is 18.0. The quantitative estimate of drug-likeness (QED) is 0.734. The van der Waals surface area contributed by atoms with Gasteiger partial charge in [-0.15, -0.1) is 0 Å². The monoisotopic (exact) mass is 373 g/mol. The standard InChI is InChI=1S/C22H39N5/c1-18(2)13-22(5-6-22)17-25-9-12-27-15-20(23-21(27)16-25)14-24-7-10-26(11-8-24)19(3)4/h15,18-19H,5-14,16-17H2,1-4H3. The zero-order valence-corrected chi connectivity index (χ0v) is 18.0. The Morgan fingerprint density at radius 2 is 1.67 bits per heavy atom. The molecule has 0 unspecified atom stereocenters. The van der Waals surface area contributed by atoms with E-state index in [1.165, 1.54) is 70.0 Å². The molecule has 2 fully saturated rings. The van der Waals surface area contributed by atoms with Crippen LogP contribution in [0.15, 0.2) is 6.20 Å². The second-order valence-corrected chi connectivity index (χ2v) is 10.1. The van der Waals surface area contributed by atoms with Crippen LogP contribution in [0.25, 0.3) is 0 Å². The molecule has 0 N–H and O–H groups in total. The van der Waals surface area contributed by atoms with Crippen LogP contribution in [0.1, 0.15) is 58.5 Å². The van der Waals surface area contributed by atoms with E-state index >= 15 is 0 Å². The fraction of sp³-hybridized carbons (Fsp3) is 0.864. The van der Waals surface area contributed by atoms with Gasteiger partial charge in [0, 0.05) is 64.6 Å². The van der Waals surface area contributed by atoms with E-state index in [-0.39, 0.29) is 0 Å². The Bertz CT molecular complexity index is 623. The molecule has 1 aromatic heterocycles. The van der Waals surface area contributed by atoms with Crippen molar-refractivity contribution in [2.75, 3.05) is 39.3 Å². The molecular formula is C22H39N5. The minimum absolute atomic E-state index is 0.627. The van der Waals surface area contributed by atoms with Crippen molar-refractivity contribution in [1.82, 2.24) is 24.3 Å². The van der Waals surface area contributed by atoms with E-state index in [1.54, 1.807) is 0 Å². The van der Waals surface area contributed by atoms with E-state index in [2.05, 4.69) is 53.2 Å². The Hall–Kier alpha value is -0.910. The van der Waals surface area contributed by atoms with Gasteiger partial charge in [0.25, 0.3) is 0 Å². The number of aromatic nitrogens is 2. The Labute approximate surface area is 165 Å². The van der Waals surface area contributed by atoms with Gasteiger partial charge in [-0.2, -0.15) is 0 Å². The molecule has 5 heteroatoms. The van der Waals surface area contributed by atoms with Crippen molar-refractivity contribution in [3.8, 4) is 0 Å². The minimum atomic E-state index is 0.627. The van der Waals surface area contributed by atoms with E-state index in [1.807, 2.05) is 0 Å². The molecule has 1 saturated heterocycles. The lowest BCUT2D eigenvalue weighted by Crippen LogP contribution is -2.48. The molecule has 2 aliphatic heterocycles. The fourth-order valence-electron chi connectivity index (χ4n) is 5.18. The van der Waals surface area contributed by atoms with Gasteiger partial charge in [-0.25, -0.2) is 4.98 Å². The topological polar surface area (TPSA) is 27.5 Å². The molecule has 1 aliphatic carbocycles. The maximum absolute atomic E-state index is 5.03. The lowest BCUT2D eigenvalue weighted by molar-refractivity contribution is 0.103. The third kappa shape index (κ3) is 4.75. The number of hydrogen-bond donors (Lipinski definition) is 0. The Balaban J connectivity index is 1.30. The first-order chi connectivity index (χ1) is 12.9. The molecule has 1 aromatic rings. The van der Waals surface area contributed by atoms with Crippen molar-refractivity contribution in [3.63, 3.8) is 0 Å². The fourth-order valence-corrected chi connectivity index (χ4v) is 5.18. The number of piperazine rings is 1. The summed E-state index contributed by atoms with van der Waals surface area (Å²) in [5, 5.41) is 0. The first-order valence-electron chi connectivity index (χ1n) is 11.2. The molecule has 0 amide bonds. The third-order valence-electron chi connectivity index (χ3n) is 6.81. The number of fused-ring (bicyclic) bond motifs is 1. The van der Waals surface area contributed by atoms with Crippen molar-refractivity contribution in [2.24, 2.45) is 11.3 Å². The van der Waals surface area contributed by atoms with Gasteiger partial charge in [0.15, 0.2) is 0 Å². The predicted molar refractivity (Wildman–Crippen MR) is 111 cm³/mol. The van der Waals surface area contributed by atoms with Crippen LogP contribution >= 0.6 is 0 Å². The van der Waals surface area contributed by atoms with Gasteiger partial charge in [0.1, 0.15) is 5.82 Å². The lowest BCUT2D eigenvalue weighted by atomic mass is 9.93. The maximum Gasteiger partial charge on any atom is 0.123 e. The lowest BCUT2D eigenvalue weighted by Gasteiger charge is -2.36. The van der Waals surface area contributed by atoms with Gasteiger partial charge >= 0.3 is 0 Å². The molecule has 0 radical (unpaired) electrons. The molecular weight excluding hydrogens is 334 g/mol. The van der Waals surface area contributed by atoms with E-state index in [0.717, 1.165) is 25.6 Å². The number of imidazole rings is 1. The Morgan fingerprint density at radius 3 is 2.30 bits per heavy atom. The number of nitrogens with zero attached hydrogens (tertiary/aromatic N) is 5. The summed E-state index contributed by atoms with van der Waals surface area (Å²) in [6.07, 6.45) is 6.58. The van der Waals surface area contributed by atoms with Gasteiger partial charge in [-0.3, -0.25) is 14.7 Å². The van der Waals surface area contributed by atoms with Crippen LogP contribution in [0, 0.1) is 11.3 Å². The van der Waals surface area contributed by atoms with Crippen LogP contribution in [-0.4, -0.2) is 69.6 Å². The summed E-state index contributed by atoms with van der Waals surface area (Å²) >= 11 is 0. The summed E-state index contributed by atoms with van der Waals surface area (Å²) < 4.78 is 2.41. The molecule has 0 spiro atoms. The average Bonchev–Trinajstić information content (AvgIpc) is 3.23. The molecule has 152 valence electrons. The number of hydrogen-bond acceptors (Lipinski definition) is 4. The second-order valence-electron chi connectivity index (χ2n) is 10.1. The first-order valence-corrected chi connectivity index (χ1v) is 11.2. The number of rotatable bonds is 7. The van der Waals surface area contributed by atoms with Crippen molar-refractivity contribution in [2.45, 2.75) is 72.6 Å². The zero-order chi connectivity index (χ0) is 19.0. The highest BCUT2D eigenvalue weighted by Crippen LogP contribution is 2.51. The molecule has 27 heavy (non-hydrogen) atoms. The summed E-state index contributed by atoms with van der Waals surface area (Å²) in [5.41, 5.74) is 1.90.